The number of rotatable bonds is 1. The number of anilines is 1. The van der Waals surface area contributed by atoms with E-state index >= 15 is 0 Å². The van der Waals surface area contributed by atoms with Crippen molar-refractivity contribution in [2.75, 3.05) is 24.5 Å². The average molecular weight is 211 g/mol. The van der Waals surface area contributed by atoms with E-state index in [1.54, 1.807) is 0 Å². The van der Waals surface area contributed by atoms with Crippen molar-refractivity contribution in [3.05, 3.63) is 29.3 Å². The molecular weight excluding hydrogens is 196 g/mol. The smallest absolute Gasteiger partial charge is 0.0426 e. The normalized spacial score (nSPS) is 22.4. The van der Waals surface area contributed by atoms with Gasteiger partial charge in [-0.2, -0.15) is 0 Å². The molecule has 2 rings (SSSR count). The van der Waals surface area contributed by atoms with Gasteiger partial charge in [0.05, 0.1) is 0 Å². The Labute approximate surface area is 89.9 Å². The molecule has 0 aromatic heterocycles. The minimum atomic E-state index is 0.544. The molecular formula is C11H15ClN2. The number of hydrogen-bond donors (Lipinski definition) is 1. The van der Waals surface area contributed by atoms with Gasteiger partial charge in [0.1, 0.15) is 0 Å². The Morgan fingerprint density at radius 2 is 2.36 bits per heavy atom. The number of hydrogen-bond acceptors (Lipinski definition) is 2. The van der Waals surface area contributed by atoms with Crippen LogP contribution in [0.4, 0.5) is 5.69 Å². The summed E-state index contributed by atoms with van der Waals surface area (Å²) in [4.78, 5) is 2.39. The molecule has 1 aromatic rings. The maximum atomic E-state index is 5.97. The highest BCUT2D eigenvalue weighted by molar-refractivity contribution is 6.30. The summed E-state index contributed by atoms with van der Waals surface area (Å²) < 4.78 is 0. The zero-order chi connectivity index (χ0) is 9.97. The highest BCUT2D eigenvalue weighted by Crippen LogP contribution is 2.21. The first-order chi connectivity index (χ1) is 6.77. The van der Waals surface area contributed by atoms with E-state index in [9.17, 15) is 0 Å². The minimum absolute atomic E-state index is 0.544. The number of nitrogens with one attached hydrogen (secondary N) is 1. The van der Waals surface area contributed by atoms with Crippen molar-refractivity contribution in [1.82, 2.24) is 5.32 Å². The minimum Gasteiger partial charge on any atom is -0.366 e. The van der Waals surface area contributed by atoms with Gasteiger partial charge in [-0.15, -0.1) is 0 Å². The average Bonchev–Trinajstić information content (AvgIpc) is 2.18. The van der Waals surface area contributed by atoms with Crippen LogP contribution < -0.4 is 10.2 Å². The van der Waals surface area contributed by atoms with Crippen molar-refractivity contribution in [3.8, 4) is 0 Å². The second-order valence-electron chi connectivity index (χ2n) is 3.73. The fraction of sp³-hybridized carbons (Fsp3) is 0.455. The molecule has 1 aromatic carbocycles. The predicted molar refractivity (Wildman–Crippen MR) is 61.1 cm³/mol. The van der Waals surface area contributed by atoms with Crippen molar-refractivity contribution in [1.29, 1.82) is 0 Å². The first kappa shape index (κ1) is 9.81. The molecule has 14 heavy (non-hydrogen) atoms. The van der Waals surface area contributed by atoms with E-state index in [0.717, 1.165) is 24.7 Å². The number of piperazine rings is 1. The van der Waals surface area contributed by atoms with Gasteiger partial charge in [-0.05, 0) is 25.1 Å². The van der Waals surface area contributed by atoms with E-state index in [1.165, 1.54) is 5.69 Å². The third kappa shape index (κ3) is 2.02. The summed E-state index contributed by atoms with van der Waals surface area (Å²) in [5.74, 6) is 0. The Balaban J connectivity index is 2.20. The largest absolute Gasteiger partial charge is 0.366 e. The fourth-order valence-electron chi connectivity index (χ4n) is 1.88. The standard InChI is InChI=1S/C11H15ClN2/c1-9-8-13-5-6-14(9)11-4-2-3-10(12)7-11/h2-4,7,9,13H,5-6,8H2,1H3/t9-/m1/s1. The molecule has 0 unspecified atom stereocenters. The van der Waals surface area contributed by atoms with Crippen molar-refractivity contribution >= 4 is 17.3 Å². The molecule has 1 fully saturated rings. The Morgan fingerprint density at radius 1 is 1.50 bits per heavy atom. The monoisotopic (exact) mass is 210 g/mol. The first-order valence-corrected chi connectivity index (χ1v) is 5.38. The third-order valence-electron chi connectivity index (χ3n) is 2.64. The molecule has 1 aliphatic rings. The van der Waals surface area contributed by atoms with Crippen LogP contribution in [0.3, 0.4) is 0 Å². The molecule has 1 aliphatic heterocycles. The van der Waals surface area contributed by atoms with Gasteiger partial charge >= 0.3 is 0 Å². The van der Waals surface area contributed by atoms with Gasteiger partial charge in [-0.3, -0.25) is 0 Å². The van der Waals surface area contributed by atoms with Crippen LogP contribution in [0.2, 0.25) is 5.02 Å². The van der Waals surface area contributed by atoms with Crippen LogP contribution in [0.25, 0.3) is 0 Å². The van der Waals surface area contributed by atoms with Gasteiger partial charge in [0, 0.05) is 36.4 Å². The predicted octanol–water partition coefficient (Wildman–Crippen LogP) is 2.14. The summed E-state index contributed by atoms with van der Waals surface area (Å²) in [6, 6.07) is 8.61. The molecule has 2 nitrogen and oxygen atoms in total. The summed E-state index contributed by atoms with van der Waals surface area (Å²) in [5.41, 5.74) is 1.23. The van der Waals surface area contributed by atoms with Crippen LogP contribution in [-0.2, 0) is 0 Å². The van der Waals surface area contributed by atoms with Crippen LogP contribution in [0.5, 0.6) is 0 Å². The van der Waals surface area contributed by atoms with Crippen LogP contribution in [0, 0.1) is 0 Å². The van der Waals surface area contributed by atoms with Crippen molar-refractivity contribution in [2.45, 2.75) is 13.0 Å². The maximum absolute atomic E-state index is 5.97. The lowest BCUT2D eigenvalue weighted by atomic mass is 10.2. The number of benzene rings is 1. The van der Waals surface area contributed by atoms with Gasteiger partial charge in [0.25, 0.3) is 0 Å². The lowest BCUT2D eigenvalue weighted by Crippen LogP contribution is -2.49. The summed E-state index contributed by atoms with van der Waals surface area (Å²) in [5, 5.41) is 4.19. The Hall–Kier alpha value is -0.730. The van der Waals surface area contributed by atoms with Gasteiger partial charge < -0.3 is 10.2 Å². The Bertz CT molecular complexity index is 314. The molecule has 1 atom stereocenters. The molecule has 1 saturated heterocycles. The van der Waals surface area contributed by atoms with E-state index in [1.807, 2.05) is 18.2 Å². The van der Waals surface area contributed by atoms with E-state index in [2.05, 4.69) is 23.2 Å². The van der Waals surface area contributed by atoms with Crippen LogP contribution in [-0.4, -0.2) is 25.7 Å². The Kier molecular flexibility index (Phi) is 2.94. The highest BCUT2D eigenvalue weighted by atomic mass is 35.5. The molecule has 0 aliphatic carbocycles. The maximum Gasteiger partial charge on any atom is 0.0426 e. The van der Waals surface area contributed by atoms with Crippen molar-refractivity contribution < 1.29 is 0 Å². The third-order valence-corrected chi connectivity index (χ3v) is 2.88. The molecule has 0 spiro atoms. The second kappa shape index (κ2) is 4.20. The lowest BCUT2D eigenvalue weighted by Gasteiger charge is -2.35. The molecule has 0 radical (unpaired) electrons. The summed E-state index contributed by atoms with van der Waals surface area (Å²) in [6.07, 6.45) is 0. The molecule has 0 amide bonds. The van der Waals surface area contributed by atoms with E-state index in [4.69, 9.17) is 11.6 Å². The van der Waals surface area contributed by atoms with Gasteiger partial charge in [-0.1, -0.05) is 17.7 Å². The van der Waals surface area contributed by atoms with Crippen molar-refractivity contribution in [2.24, 2.45) is 0 Å². The van der Waals surface area contributed by atoms with Gasteiger partial charge in [0.2, 0.25) is 0 Å². The SMILES string of the molecule is C[C@@H]1CNCCN1c1cccc(Cl)c1. The van der Waals surface area contributed by atoms with Crippen LogP contribution in [0.1, 0.15) is 6.92 Å². The van der Waals surface area contributed by atoms with E-state index < -0.39 is 0 Å². The van der Waals surface area contributed by atoms with E-state index in [0.29, 0.717) is 6.04 Å². The lowest BCUT2D eigenvalue weighted by molar-refractivity contribution is 0.501. The summed E-state index contributed by atoms with van der Waals surface area (Å²) in [7, 11) is 0. The molecule has 1 N–H and O–H groups in total. The number of nitrogens with zero attached hydrogens (tertiary/aromatic N) is 1. The fourth-order valence-corrected chi connectivity index (χ4v) is 2.06. The highest BCUT2D eigenvalue weighted by Gasteiger charge is 2.17. The van der Waals surface area contributed by atoms with Crippen molar-refractivity contribution in [3.63, 3.8) is 0 Å². The number of halogens is 1. The molecule has 0 saturated carbocycles. The van der Waals surface area contributed by atoms with E-state index in [-0.39, 0.29) is 0 Å². The molecule has 76 valence electrons. The Morgan fingerprint density at radius 3 is 3.07 bits per heavy atom. The quantitative estimate of drug-likeness (QED) is 0.764. The topological polar surface area (TPSA) is 15.3 Å². The second-order valence-corrected chi connectivity index (χ2v) is 4.16. The van der Waals surface area contributed by atoms with Crippen LogP contribution in [0.15, 0.2) is 24.3 Å². The van der Waals surface area contributed by atoms with Crippen LogP contribution >= 0.6 is 11.6 Å². The molecule has 0 bridgehead atoms. The zero-order valence-electron chi connectivity index (χ0n) is 8.33. The van der Waals surface area contributed by atoms with Gasteiger partial charge in [0.15, 0.2) is 0 Å². The molecule has 3 heteroatoms. The van der Waals surface area contributed by atoms with Gasteiger partial charge in [-0.25, -0.2) is 0 Å². The zero-order valence-corrected chi connectivity index (χ0v) is 9.09. The molecule has 1 heterocycles. The summed E-state index contributed by atoms with van der Waals surface area (Å²) >= 11 is 5.97. The summed E-state index contributed by atoms with van der Waals surface area (Å²) in [6.45, 7) is 5.39. The first-order valence-electron chi connectivity index (χ1n) is 5.00.